The Morgan fingerprint density at radius 2 is 2.21 bits per heavy atom. The molecule has 1 aromatic rings. The molecule has 0 bridgehead atoms. The minimum atomic E-state index is -0.759. The van der Waals surface area contributed by atoms with E-state index in [1.807, 2.05) is 0 Å². The average molecular weight is 330 g/mol. The van der Waals surface area contributed by atoms with Gasteiger partial charge >= 0.3 is 0 Å². The molecule has 5 heteroatoms. The van der Waals surface area contributed by atoms with Crippen molar-refractivity contribution in [2.24, 2.45) is 5.92 Å². The monoisotopic (exact) mass is 329 g/mol. The lowest BCUT2D eigenvalue weighted by Gasteiger charge is -2.35. The molecule has 4 nitrogen and oxygen atoms in total. The molecule has 1 heterocycles. The van der Waals surface area contributed by atoms with E-state index in [1.165, 1.54) is 6.42 Å². The predicted octanol–water partition coefficient (Wildman–Crippen LogP) is 3.10. The first-order valence-corrected chi connectivity index (χ1v) is 7.57. The fourth-order valence-corrected chi connectivity index (χ4v) is 2.87. The van der Waals surface area contributed by atoms with Crippen LogP contribution in [-0.4, -0.2) is 23.2 Å². The summed E-state index contributed by atoms with van der Waals surface area (Å²) in [6.45, 7) is 2.48. The van der Waals surface area contributed by atoms with Crippen molar-refractivity contribution in [3.8, 4) is 0 Å². The minimum Gasteiger partial charge on any atom is -0.444 e. The third-order valence-corrected chi connectivity index (χ3v) is 4.41. The van der Waals surface area contributed by atoms with Gasteiger partial charge in [0.1, 0.15) is 0 Å². The van der Waals surface area contributed by atoms with Gasteiger partial charge in [0.15, 0.2) is 10.4 Å². The van der Waals surface area contributed by atoms with Crippen molar-refractivity contribution >= 4 is 21.8 Å². The quantitative estimate of drug-likeness (QED) is 0.892. The Morgan fingerprint density at radius 3 is 2.74 bits per heavy atom. The largest absolute Gasteiger partial charge is 0.444 e. The SMILES string of the molecule is CCC1CCC(O)(CNC(=O)c2ccc(Br)o2)CC1. The van der Waals surface area contributed by atoms with Crippen LogP contribution in [0.15, 0.2) is 21.2 Å². The van der Waals surface area contributed by atoms with Crippen LogP contribution in [0.3, 0.4) is 0 Å². The van der Waals surface area contributed by atoms with Crippen molar-refractivity contribution < 1.29 is 14.3 Å². The highest BCUT2D eigenvalue weighted by atomic mass is 79.9. The second-order valence-corrected chi connectivity index (χ2v) is 6.14. The van der Waals surface area contributed by atoms with Crippen molar-refractivity contribution in [2.75, 3.05) is 6.54 Å². The van der Waals surface area contributed by atoms with Crippen molar-refractivity contribution in [3.05, 3.63) is 22.6 Å². The topological polar surface area (TPSA) is 62.5 Å². The molecule has 0 saturated heterocycles. The van der Waals surface area contributed by atoms with Gasteiger partial charge in [0.25, 0.3) is 5.91 Å². The van der Waals surface area contributed by atoms with E-state index in [1.54, 1.807) is 12.1 Å². The Labute approximate surface area is 121 Å². The zero-order valence-corrected chi connectivity index (χ0v) is 12.7. The van der Waals surface area contributed by atoms with Crippen LogP contribution in [0.2, 0.25) is 0 Å². The standard InChI is InChI=1S/C14H20BrNO3/c1-2-10-5-7-14(18,8-6-10)9-16-13(17)11-3-4-12(15)19-11/h3-4,10,18H,2,5-9H2,1H3,(H,16,17). The van der Waals surface area contributed by atoms with Gasteiger partial charge in [-0.2, -0.15) is 0 Å². The van der Waals surface area contributed by atoms with Gasteiger partial charge in [0, 0.05) is 6.54 Å². The summed E-state index contributed by atoms with van der Waals surface area (Å²) in [7, 11) is 0. The van der Waals surface area contributed by atoms with E-state index >= 15 is 0 Å². The van der Waals surface area contributed by atoms with Crippen LogP contribution >= 0.6 is 15.9 Å². The predicted molar refractivity (Wildman–Crippen MR) is 75.9 cm³/mol. The molecule has 0 unspecified atom stereocenters. The molecule has 106 valence electrons. The molecule has 2 N–H and O–H groups in total. The lowest BCUT2D eigenvalue weighted by Crippen LogP contribution is -2.45. The van der Waals surface area contributed by atoms with Crippen molar-refractivity contribution in [3.63, 3.8) is 0 Å². The van der Waals surface area contributed by atoms with Gasteiger partial charge in [-0.3, -0.25) is 4.79 Å². The zero-order valence-electron chi connectivity index (χ0n) is 11.1. The maximum absolute atomic E-state index is 11.8. The molecule has 0 aliphatic heterocycles. The number of halogens is 1. The molecule has 19 heavy (non-hydrogen) atoms. The first-order chi connectivity index (χ1) is 9.02. The Bertz CT molecular complexity index is 436. The van der Waals surface area contributed by atoms with E-state index in [4.69, 9.17) is 4.42 Å². The second kappa shape index (κ2) is 6.09. The summed E-state index contributed by atoms with van der Waals surface area (Å²) < 4.78 is 5.70. The number of carbonyl (C=O) groups is 1. The van der Waals surface area contributed by atoms with Crippen molar-refractivity contribution in [2.45, 2.75) is 44.6 Å². The molecular weight excluding hydrogens is 310 g/mol. The summed E-state index contributed by atoms with van der Waals surface area (Å²) >= 11 is 3.16. The second-order valence-electron chi connectivity index (χ2n) is 5.36. The van der Waals surface area contributed by atoms with Crippen LogP contribution in [0.4, 0.5) is 0 Å². The molecular formula is C14H20BrNO3. The summed E-state index contributed by atoms with van der Waals surface area (Å²) in [6, 6.07) is 3.29. The lowest BCUT2D eigenvalue weighted by molar-refractivity contribution is -0.00804. The third-order valence-electron chi connectivity index (χ3n) is 3.99. The number of nitrogens with one attached hydrogen (secondary N) is 1. The Balaban J connectivity index is 1.83. The lowest BCUT2D eigenvalue weighted by atomic mass is 9.78. The Kier molecular flexibility index (Phi) is 4.68. The number of carbonyl (C=O) groups excluding carboxylic acids is 1. The van der Waals surface area contributed by atoms with Crippen molar-refractivity contribution in [1.82, 2.24) is 5.32 Å². The van der Waals surface area contributed by atoms with Gasteiger partial charge in [-0.05, 0) is 59.7 Å². The van der Waals surface area contributed by atoms with Crippen LogP contribution < -0.4 is 5.32 Å². The first kappa shape index (κ1) is 14.6. The first-order valence-electron chi connectivity index (χ1n) is 6.78. The smallest absolute Gasteiger partial charge is 0.287 e. The van der Waals surface area contributed by atoms with Gasteiger partial charge in [-0.1, -0.05) is 13.3 Å². The maximum Gasteiger partial charge on any atom is 0.287 e. The van der Waals surface area contributed by atoms with E-state index in [2.05, 4.69) is 28.2 Å². The van der Waals surface area contributed by atoms with Crippen LogP contribution in [0.25, 0.3) is 0 Å². The van der Waals surface area contributed by atoms with Crippen LogP contribution in [0.5, 0.6) is 0 Å². The molecule has 1 fully saturated rings. The number of rotatable bonds is 4. The summed E-state index contributed by atoms with van der Waals surface area (Å²) in [5, 5.41) is 13.2. The highest BCUT2D eigenvalue weighted by Gasteiger charge is 2.33. The normalized spacial score (nSPS) is 27.2. The van der Waals surface area contributed by atoms with Gasteiger partial charge in [-0.25, -0.2) is 0 Å². The van der Waals surface area contributed by atoms with E-state index in [0.29, 0.717) is 11.2 Å². The van der Waals surface area contributed by atoms with E-state index in [0.717, 1.165) is 31.6 Å². The number of furan rings is 1. The maximum atomic E-state index is 11.8. The van der Waals surface area contributed by atoms with Crippen LogP contribution in [0, 0.1) is 5.92 Å². The molecule has 1 saturated carbocycles. The molecule has 0 atom stereocenters. The molecule has 1 aliphatic rings. The molecule has 0 aromatic carbocycles. The number of hydrogen-bond donors (Lipinski definition) is 2. The van der Waals surface area contributed by atoms with Gasteiger partial charge in [0.05, 0.1) is 5.60 Å². The van der Waals surface area contributed by atoms with Crippen LogP contribution in [0.1, 0.15) is 49.6 Å². The van der Waals surface area contributed by atoms with Crippen molar-refractivity contribution in [1.29, 1.82) is 0 Å². The van der Waals surface area contributed by atoms with E-state index in [-0.39, 0.29) is 11.7 Å². The molecule has 0 radical (unpaired) electrons. The number of aliphatic hydroxyl groups is 1. The molecule has 1 amide bonds. The number of amides is 1. The summed E-state index contributed by atoms with van der Waals surface area (Å²) in [5.74, 6) is 0.700. The van der Waals surface area contributed by atoms with E-state index < -0.39 is 5.60 Å². The molecule has 2 rings (SSSR count). The van der Waals surface area contributed by atoms with E-state index in [9.17, 15) is 9.90 Å². The molecule has 0 spiro atoms. The van der Waals surface area contributed by atoms with Gasteiger partial charge in [-0.15, -0.1) is 0 Å². The Morgan fingerprint density at radius 1 is 1.53 bits per heavy atom. The van der Waals surface area contributed by atoms with Gasteiger partial charge in [0.2, 0.25) is 0 Å². The summed E-state index contributed by atoms with van der Waals surface area (Å²) in [6.07, 6.45) is 4.76. The molecule has 1 aliphatic carbocycles. The fourth-order valence-electron chi connectivity index (χ4n) is 2.57. The number of hydrogen-bond acceptors (Lipinski definition) is 3. The average Bonchev–Trinajstić information content (AvgIpc) is 2.84. The summed E-state index contributed by atoms with van der Waals surface area (Å²) in [4.78, 5) is 11.8. The fraction of sp³-hybridized carbons (Fsp3) is 0.643. The van der Waals surface area contributed by atoms with Crippen LogP contribution in [-0.2, 0) is 0 Å². The zero-order chi connectivity index (χ0) is 13.9. The highest BCUT2D eigenvalue weighted by Crippen LogP contribution is 2.33. The summed E-state index contributed by atoms with van der Waals surface area (Å²) in [5.41, 5.74) is -0.759. The van der Waals surface area contributed by atoms with Gasteiger partial charge < -0.3 is 14.8 Å². The Hall–Kier alpha value is -0.810. The minimum absolute atomic E-state index is 0.262. The third kappa shape index (κ3) is 3.83. The highest BCUT2D eigenvalue weighted by molar-refractivity contribution is 9.10. The molecule has 1 aromatic heterocycles.